The Kier molecular flexibility index (Phi) is 4.25. The normalized spacial score (nSPS) is 11.8. The molecule has 0 saturated heterocycles. The third-order valence-corrected chi connectivity index (χ3v) is 7.85. The van der Waals surface area contributed by atoms with Crippen molar-refractivity contribution in [3.63, 3.8) is 0 Å². The summed E-state index contributed by atoms with van der Waals surface area (Å²) in [5.74, 6) is 0.374. The maximum atomic E-state index is 13.4. The van der Waals surface area contributed by atoms with Crippen LogP contribution in [0.15, 0.2) is 69.8 Å². The summed E-state index contributed by atoms with van der Waals surface area (Å²) in [6.45, 7) is 3.93. The number of hydrogen-bond donors (Lipinski definition) is 1. The average molecular weight is 395 g/mol. The molecule has 136 valence electrons. The first kappa shape index (κ1) is 17.7. The molecule has 0 aliphatic heterocycles. The van der Waals surface area contributed by atoms with Crippen molar-refractivity contribution in [1.29, 1.82) is 0 Å². The minimum atomic E-state index is -3.68. The molecule has 4 rings (SSSR count). The van der Waals surface area contributed by atoms with E-state index in [-0.39, 0.29) is 4.90 Å². The summed E-state index contributed by atoms with van der Waals surface area (Å²) in [5, 5.41) is 0.795. The number of pyridine rings is 1. The molecule has 27 heavy (non-hydrogen) atoms. The van der Waals surface area contributed by atoms with Gasteiger partial charge in [-0.1, -0.05) is 47.5 Å². The van der Waals surface area contributed by atoms with E-state index in [0.29, 0.717) is 20.4 Å². The monoisotopic (exact) mass is 394 g/mol. The molecule has 2 aromatic heterocycles. The molecule has 4 nitrogen and oxygen atoms in total. The Morgan fingerprint density at radius 3 is 2.07 bits per heavy atom. The second-order valence-corrected chi connectivity index (χ2v) is 9.68. The van der Waals surface area contributed by atoms with E-state index in [1.54, 1.807) is 18.2 Å². The van der Waals surface area contributed by atoms with Gasteiger partial charge >= 0.3 is 0 Å². The summed E-state index contributed by atoms with van der Waals surface area (Å²) < 4.78 is 27.1. The highest BCUT2D eigenvalue weighted by molar-refractivity contribution is 7.93. The van der Waals surface area contributed by atoms with Crippen LogP contribution in [0.4, 0.5) is 5.82 Å². The van der Waals surface area contributed by atoms with Gasteiger partial charge in [-0.2, -0.15) is 0 Å². The Morgan fingerprint density at radius 2 is 1.44 bits per heavy atom. The van der Waals surface area contributed by atoms with E-state index in [2.05, 4.69) is 4.98 Å². The van der Waals surface area contributed by atoms with E-state index in [1.165, 1.54) is 0 Å². The van der Waals surface area contributed by atoms with Gasteiger partial charge in [0, 0.05) is 10.9 Å². The Hall–Kier alpha value is -2.70. The summed E-state index contributed by atoms with van der Waals surface area (Å²) >= 11 is 1.16. The third-order valence-electron chi connectivity index (χ3n) is 4.46. The first-order valence-electron chi connectivity index (χ1n) is 8.44. The Balaban J connectivity index is 2.03. The molecule has 0 radical (unpaired) electrons. The maximum absolute atomic E-state index is 13.4. The number of hydrogen-bond acceptors (Lipinski definition) is 5. The first-order valence-corrected chi connectivity index (χ1v) is 10.7. The first-order chi connectivity index (χ1) is 12.9. The number of aryl methyl sites for hydroxylation is 2. The summed E-state index contributed by atoms with van der Waals surface area (Å²) in [5.41, 5.74) is 9.49. The SMILES string of the molecule is Cc1ccc(-c2c(S(=O)(=O)c3ccc(C)cc3)sc3nc(N)ccc23)cc1. The number of nitrogens with two attached hydrogens (primary N) is 1. The van der Waals surface area contributed by atoms with Gasteiger partial charge < -0.3 is 5.73 Å². The van der Waals surface area contributed by atoms with Crippen molar-refractivity contribution in [2.75, 3.05) is 5.73 Å². The minimum absolute atomic E-state index is 0.279. The van der Waals surface area contributed by atoms with Crippen molar-refractivity contribution in [3.8, 4) is 11.1 Å². The van der Waals surface area contributed by atoms with Crippen LogP contribution in [0.2, 0.25) is 0 Å². The molecule has 0 fully saturated rings. The highest BCUT2D eigenvalue weighted by atomic mass is 32.2. The number of anilines is 1. The number of aromatic nitrogens is 1. The molecule has 0 aliphatic rings. The van der Waals surface area contributed by atoms with Crippen molar-refractivity contribution in [3.05, 3.63) is 71.8 Å². The number of sulfone groups is 1. The lowest BCUT2D eigenvalue weighted by Gasteiger charge is -2.08. The van der Waals surface area contributed by atoms with Gasteiger partial charge in [0.05, 0.1) is 4.90 Å². The molecule has 0 amide bonds. The van der Waals surface area contributed by atoms with Crippen molar-refractivity contribution in [1.82, 2.24) is 4.98 Å². The largest absolute Gasteiger partial charge is 0.384 e. The lowest BCUT2D eigenvalue weighted by atomic mass is 10.0. The van der Waals surface area contributed by atoms with Gasteiger partial charge in [0.25, 0.3) is 0 Å². The standard InChI is InChI=1S/C21H18N2O2S2/c1-13-3-7-15(8-4-13)19-17-11-12-18(22)23-20(17)26-21(19)27(24,25)16-9-5-14(2)6-10-16/h3-12H,1-2H3,(H2,22,23). The fraction of sp³-hybridized carbons (Fsp3) is 0.0952. The second kappa shape index (κ2) is 6.48. The van der Waals surface area contributed by atoms with E-state index in [9.17, 15) is 8.42 Å². The fourth-order valence-electron chi connectivity index (χ4n) is 2.98. The zero-order valence-electron chi connectivity index (χ0n) is 14.9. The molecule has 6 heteroatoms. The van der Waals surface area contributed by atoms with Crippen LogP contribution >= 0.6 is 11.3 Å². The molecular formula is C21H18N2O2S2. The van der Waals surface area contributed by atoms with E-state index in [1.807, 2.05) is 56.3 Å². The van der Waals surface area contributed by atoms with E-state index < -0.39 is 9.84 Å². The molecule has 0 aliphatic carbocycles. The Morgan fingerprint density at radius 1 is 0.852 bits per heavy atom. The lowest BCUT2D eigenvalue weighted by molar-refractivity contribution is 0.598. The molecular weight excluding hydrogens is 376 g/mol. The smallest absolute Gasteiger partial charge is 0.216 e. The number of nitrogens with zero attached hydrogens (tertiary/aromatic N) is 1. The van der Waals surface area contributed by atoms with Crippen LogP contribution in [-0.4, -0.2) is 13.4 Å². The van der Waals surface area contributed by atoms with E-state index in [4.69, 9.17) is 5.73 Å². The van der Waals surface area contributed by atoms with Gasteiger partial charge in [-0.05, 0) is 43.7 Å². The second-order valence-electron chi connectivity index (χ2n) is 6.54. The predicted molar refractivity (Wildman–Crippen MR) is 111 cm³/mol. The fourth-order valence-corrected chi connectivity index (χ4v) is 6.08. The molecule has 0 spiro atoms. The zero-order chi connectivity index (χ0) is 19.2. The molecule has 4 aromatic rings. The topological polar surface area (TPSA) is 73.0 Å². The van der Waals surface area contributed by atoms with Gasteiger partial charge in [0.15, 0.2) is 0 Å². The zero-order valence-corrected chi connectivity index (χ0v) is 16.6. The van der Waals surface area contributed by atoms with Gasteiger partial charge in [-0.3, -0.25) is 0 Å². The molecule has 0 saturated carbocycles. The molecule has 2 N–H and O–H groups in total. The Bertz CT molecular complexity index is 1240. The molecule has 0 bridgehead atoms. The summed E-state index contributed by atoms with van der Waals surface area (Å²) in [7, 11) is -3.68. The molecule has 2 aromatic carbocycles. The lowest BCUT2D eigenvalue weighted by Crippen LogP contribution is -2.01. The van der Waals surface area contributed by atoms with Gasteiger partial charge in [0.1, 0.15) is 14.9 Å². The summed E-state index contributed by atoms with van der Waals surface area (Å²) in [6, 6.07) is 18.3. The number of nitrogen functional groups attached to an aromatic ring is 1. The van der Waals surface area contributed by atoms with Crippen molar-refractivity contribution in [2.45, 2.75) is 23.0 Å². The molecule has 0 atom stereocenters. The Labute approximate surface area is 162 Å². The summed E-state index contributed by atoms with van der Waals surface area (Å²) in [6.07, 6.45) is 0. The minimum Gasteiger partial charge on any atom is -0.384 e. The van der Waals surface area contributed by atoms with Gasteiger partial charge in [-0.25, -0.2) is 13.4 Å². The number of fused-ring (bicyclic) bond motifs is 1. The maximum Gasteiger partial charge on any atom is 0.216 e. The van der Waals surface area contributed by atoms with Crippen LogP contribution in [0.25, 0.3) is 21.3 Å². The van der Waals surface area contributed by atoms with E-state index in [0.717, 1.165) is 33.4 Å². The van der Waals surface area contributed by atoms with Crippen LogP contribution in [-0.2, 0) is 9.84 Å². The van der Waals surface area contributed by atoms with Crippen LogP contribution < -0.4 is 5.73 Å². The van der Waals surface area contributed by atoms with Gasteiger partial charge in [0.2, 0.25) is 9.84 Å². The average Bonchev–Trinajstić information content (AvgIpc) is 3.02. The van der Waals surface area contributed by atoms with Crippen LogP contribution in [0.3, 0.4) is 0 Å². The van der Waals surface area contributed by atoms with Gasteiger partial charge in [-0.15, -0.1) is 11.3 Å². The predicted octanol–water partition coefficient (Wildman–Crippen LogP) is 5.00. The summed E-state index contributed by atoms with van der Waals surface area (Å²) in [4.78, 5) is 5.25. The van der Waals surface area contributed by atoms with Crippen molar-refractivity contribution >= 4 is 37.2 Å². The number of thiophene rings is 1. The van der Waals surface area contributed by atoms with Crippen LogP contribution in [0.5, 0.6) is 0 Å². The van der Waals surface area contributed by atoms with E-state index >= 15 is 0 Å². The number of benzene rings is 2. The van der Waals surface area contributed by atoms with Crippen LogP contribution in [0.1, 0.15) is 11.1 Å². The quantitative estimate of drug-likeness (QED) is 0.531. The molecule has 0 unspecified atom stereocenters. The number of rotatable bonds is 3. The van der Waals surface area contributed by atoms with Crippen molar-refractivity contribution < 1.29 is 8.42 Å². The molecule has 2 heterocycles. The van der Waals surface area contributed by atoms with Crippen molar-refractivity contribution in [2.24, 2.45) is 0 Å². The van der Waals surface area contributed by atoms with Crippen LogP contribution in [0, 0.1) is 13.8 Å². The highest BCUT2D eigenvalue weighted by Gasteiger charge is 2.27. The highest BCUT2D eigenvalue weighted by Crippen LogP contribution is 2.43. The third kappa shape index (κ3) is 3.11.